The quantitative estimate of drug-likeness (QED) is 0.828. The van der Waals surface area contributed by atoms with Gasteiger partial charge in [-0.25, -0.2) is 0 Å². The lowest BCUT2D eigenvalue weighted by molar-refractivity contribution is -0.130. The first kappa shape index (κ1) is 17.1. The molecule has 3 nitrogen and oxygen atoms in total. The van der Waals surface area contributed by atoms with Crippen molar-refractivity contribution in [1.82, 2.24) is 4.90 Å². The molecule has 0 aromatic heterocycles. The molecule has 2 aromatic rings. The van der Waals surface area contributed by atoms with Crippen LogP contribution >= 0.6 is 0 Å². The van der Waals surface area contributed by atoms with E-state index in [0.29, 0.717) is 25.4 Å². The molecule has 0 spiro atoms. The van der Waals surface area contributed by atoms with Gasteiger partial charge >= 0.3 is 0 Å². The zero-order valence-electron chi connectivity index (χ0n) is 14.3. The topological polar surface area (TPSA) is 32.3 Å². The Hall–Kier alpha value is -2.29. The van der Waals surface area contributed by atoms with Crippen molar-refractivity contribution in [3.05, 3.63) is 65.7 Å². The fourth-order valence-electron chi connectivity index (χ4n) is 2.44. The fourth-order valence-corrected chi connectivity index (χ4v) is 2.44. The fraction of sp³-hybridized carbons (Fsp3) is 0.350. The van der Waals surface area contributed by atoms with Gasteiger partial charge in [-0.3, -0.25) is 4.79 Å². The SMILES string of the molecule is CC(C)c1ccc(NCCC(=O)N(C)Cc2ccccc2)cc1. The van der Waals surface area contributed by atoms with Gasteiger partial charge in [0, 0.05) is 32.2 Å². The number of nitrogens with one attached hydrogen (secondary N) is 1. The molecule has 0 bridgehead atoms. The summed E-state index contributed by atoms with van der Waals surface area (Å²) < 4.78 is 0. The highest BCUT2D eigenvalue weighted by molar-refractivity contribution is 5.76. The Morgan fingerprint density at radius 2 is 1.70 bits per heavy atom. The average Bonchev–Trinajstić information content (AvgIpc) is 2.56. The van der Waals surface area contributed by atoms with E-state index in [0.717, 1.165) is 11.3 Å². The van der Waals surface area contributed by atoms with Crippen LogP contribution in [-0.4, -0.2) is 24.4 Å². The van der Waals surface area contributed by atoms with Crippen molar-refractivity contribution in [2.24, 2.45) is 0 Å². The third-order valence-electron chi connectivity index (χ3n) is 3.93. The minimum Gasteiger partial charge on any atom is -0.385 e. The molecule has 122 valence electrons. The van der Waals surface area contributed by atoms with E-state index in [1.165, 1.54) is 5.56 Å². The average molecular weight is 310 g/mol. The summed E-state index contributed by atoms with van der Waals surface area (Å²) >= 11 is 0. The van der Waals surface area contributed by atoms with Gasteiger partial charge in [0.05, 0.1) is 0 Å². The molecule has 1 amide bonds. The van der Waals surface area contributed by atoms with Crippen molar-refractivity contribution >= 4 is 11.6 Å². The largest absolute Gasteiger partial charge is 0.385 e. The molecule has 0 unspecified atom stereocenters. The summed E-state index contributed by atoms with van der Waals surface area (Å²) in [5, 5.41) is 3.31. The van der Waals surface area contributed by atoms with Crippen molar-refractivity contribution in [2.75, 3.05) is 18.9 Å². The molecule has 0 aliphatic carbocycles. The maximum absolute atomic E-state index is 12.2. The lowest BCUT2D eigenvalue weighted by atomic mass is 10.0. The summed E-state index contributed by atoms with van der Waals surface area (Å²) in [6, 6.07) is 18.5. The van der Waals surface area contributed by atoms with Crippen LogP contribution in [-0.2, 0) is 11.3 Å². The predicted octanol–water partition coefficient (Wildman–Crippen LogP) is 4.27. The van der Waals surface area contributed by atoms with Gasteiger partial charge in [-0.1, -0.05) is 56.3 Å². The standard InChI is InChI=1S/C20H26N2O/c1-16(2)18-9-11-19(12-10-18)21-14-13-20(23)22(3)15-17-7-5-4-6-8-17/h4-12,16,21H,13-15H2,1-3H3. The molecule has 0 atom stereocenters. The van der Waals surface area contributed by atoms with Crippen molar-refractivity contribution in [2.45, 2.75) is 32.7 Å². The molecule has 0 aliphatic rings. The number of rotatable bonds is 7. The molecule has 0 radical (unpaired) electrons. The number of carbonyl (C=O) groups excluding carboxylic acids is 1. The van der Waals surface area contributed by atoms with Crippen LogP contribution < -0.4 is 5.32 Å². The van der Waals surface area contributed by atoms with E-state index in [1.807, 2.05) is 37.4 Å². The van der Waals surface area contributed by atoms with Crippen LogP contribution in [0, 0.1) is 0 Å². The van der Waals surface area contributed by atoms with E-state index in [-0.39, 0.29) is 5.91 Å². The first-order valence-electron chi connectivity index (χ1n) is 8.18. The predicted molar refractivity (Wildman–Crippen MR) is 96.6 cm³/mol. The molecule has 1 N–H and O–H groups in total. The van der Waals surface area contributed by atoms with Crippen molar-refractivity contribution in [3.8, 4) is 0 Å². The summed E-state index contributed by atoms with van der Waals surface area (Å²) in [4.78, 5) is 13.9. The van der Waals surface area contributed by atoms with Crippen LogP contribution in [0.15, 0.2) is 54.6 Å². The Labute approximate surface area is 139 Å². The Balaban J connectivity index is 1.75. The highest BCUT2D eigenvalue weighted by Gasteiger charge is 2.08. The summed E-state index contributed by atoms with van der Waals surface area (Å²) in [7, 11) is 1.85. The number of benzene rings is 2. The summed E-state index contributed by atoms with van der Waals surface area (Å²) in [6.07, 6.45) is 0.495. The van der Waals surface area contributed by atoms with E-state index in [2.05, 4.69) is 43.4 Å². The second kappa shape index (κ2) is 8.37. The number of nitrogens with zero attached hydrogens (tertiary/aromatic N) is 1. The molecule has 3 heteroatoms. The molecule has 0 saturated carbocycles. The molecule has 2 aromatic carbocycles. The van der Waals surface area contributed by atoms with Crippen molar-refractivity contribution in [1.29, 1.82) is 0 Å². The molecular weight excluding hydrogens is 284 g/mol. The smallest absolute Gasteiger partial charge is 0.224 e. The molecule has 0 heterocycles. The maximum Gasteiger partial charge on any atom is 0.224 e. The molecule has 0 fully saturated rings. The van der Waals surface area contributed by atoms with Crippen LogP contribution in [0.4, 0.5) is 5.69 Å². The number of amides is 1. The van der Waals surface area contributed by atoms with Crippen LogP contribution in [0.2, 0.25) is 0 Å². The number of carbonyl (C=O) groups is 1. The van der Waals surface area contributed by atoms with E-state index < -0.39 is 0 Å². The van der Waals surface area contributed by atoms with Gasteiger partial charge in [-0.05, 0) is 29.2 Å². The second-order valence-corrected chi connectivity index (χ2v) is 6.19. The van der Waals surface area contributed by atoms with Gasteiger partial charge in [-0.15, -0.1) is 0 Å². The second-order valence-electron chi connectivity index (χ2n) is 6.19. The van der Waals surface area contributed by atoms with Gasteiger partial charge in [0.2, 0.25) is 5.91 Å². The zero-order chi connectivity index (χ0) is 16.7. The van der Waals surface area contributed by atoms with Gasteiger partial charge in [0.15, 0.2) is 0 Å². The first-order chi connectivity index (χ1) is 11.1. The van der Waals surface area contributed by atoms with Crippen molar-refractivity contribution in [3.63, 3.8) is 0 Å². The molecule has 0 saturated heterocycles. The van der Waals surface area contributed by atoms with Crippen LogP contribution in [0.3, 0.4) is 0 Å². The Morgan fingerprint density at radius 1 is 1.04 bits per heavy atom. The van der Waals surface area contributed by atoms with Crippen LogP contribution in [0.5, 0.6) is 0 Å². The minimum atomic E-state index is 0.153. The Bertz CT molecular complexity index is 605. The Morgan fingerprint density at radius 3 is 2.30 bits per heavy atom. The van der Waals surface area contributed by atoms with Crippen molar-refractivity contribution < 1.29 is 4.79 Å². The number of hydrogen-bond acceptors (Lipinski definition) is 2. The van der Waals surface area contributed by atoms with E-state index in [9.17, 15) is 4.79 Å². The summed E-state index contributed by atoms with van der Waals surface area (Å²) in [6.45, 7) is 5.68. The maximum atomic E-state index is 12.2. The molecular formula is C20H26N2O. The number of hydrogen-bond donors (Lipinski definition) is 1. The normalized spacial score (nSPS) is 10.6. The van der Waals surface area contributed by atoms with Crippen LogP contribution in [0.1, 0.15) is 37.3 Å². The third kappa shape index (κ3) is 5.44. The van der Waals surface area contributed by atoms with E-state index >= 15 is 0 Å². The van der Waals surface area contributed by atoms with Gasteiger partial charge in [0.1, 0.15) is 0 Å². The van der Waals surface area contributed by atoms with E-state index in [4.69, 9.17) is 0 Å². The highest BCUT2D eigenvalue weighted by Crippen LogP contribution is 2.17. The minimum absolute atomic E-state index is 0.153. The lowest BCUT2D eigenvalue weighted by Gasteiger charge is -2.17. The first-order valence-corrected chi connectivity index (χ1v) is 8.18. The molecule has 0 aliphatic heterocycles. The summed E-state index contributed by atoms with van der Waals surface area (Å²) in [5.74, 6) is 0.692. The highest BCUT2D eigenvalue weighted by atomic mass is 16.2. The van der Waals surface area contributed by atoms with Gasteiger partial charge in [-0.2, -0.15) is 0 Å². The van der Waals surface area contributed by atoms with E-state index in [1.54, 1.807) is 4.90 Å². The summed E-state index contributed by atoms with van der Waals surface area (Å²) in [5.41, 5.74) is 3.54. The molecule has 2 rings (SSSR count). The monoisotopic (exact) mass is 310 g/mol. The van der Waals surface area contributed by atoms with Gasteiger partial charge in [0.25, 0.3) is 0 Å². The molecule has 23 heavy (non-hydrogen) atoms. The van der Waals surface area contributed by atoms with Crippen LogP contribution in [0.25, 0.3) is 0 Å². The van der Waals surface area contributed by atoms with Gasteiger partial charge < -0.3 is 10.2 Å². The lowest BCUT2D eigenvalue weighted by Crippen LogP contribution is -2.27. The third-order valence-corrected chi connectivity index (χ3v) is 3.93. The Kier molecular flexibility index (Phi) is 6.21. The zero-order valence-corrected chi connectivity index (χ0v) is 14.3. The number of anilines is 1.